The fourth-order valence-electron chi connectivity index (χ4n) is 1.81. The molecule has 2 rings (SSSR count). The van der Waals surface area contributed by atoms with E-state index in [-0.39, 0.29) is 11.8 Å². The molecule has 0 radical (unpaired) electrons. The molecule has 0 saturated carbocycles. The van der Waals surface area contributed by atoms with Gasteiger partial charge in [0.15, 0.2) is 0 Å². The molecule has 0 spiro atoms. The number of carbonyl (C=O) groups is 1. The predicted molar refractivity (Wildman–Crippen MR) is 75.3 cm³/mol. The molecule has 1 aliphatic rings. The van der Waals surface area contributed by atoms with E-state index in [0.717, 1.165) is 9.26 Å². The first-order chi connectivity index (χ1) is 7.61. The molecule has 0 bridgehead atoms. The standard InChI is InChI=1S/C11H10Cl2INO/c12-5-7-3-11(16)15(6-7)10-4-8(13)1-2-9(10)14/h1-2,4,7H,3,5-6H2. The van der Waals surface area contributed by atoms with E-state index in [2.05, 4.69) is 22.6 Å². The Balaban J connectivity index is 2.30. The zero-order chi connectivity index (χ0) is 11.7. The van der Waals surface area contributed by atoms with E-state index in [4.69, 9.17) is 23.2 Å². The summed E-state index contributed by atoms with van der Waals surface area (Å²) in [7, 11) is 0. The minimum Gasteiger partial charge on any atom is -0.311 e. The average Bonchev–Trinajstić information content (AvgIpc) is 2.63. The van der Waals surface area contributed by atoms with Crippen LogP contribution in [0.2, 0.25) is 5.02 Å². The largest absolute Gasteiger partial charge is 0.311 e. The van der Waals surface area contributed by atoms with Gasteiger partial charge in [0, 0.05) is 27.4 Å². The molecule has 1 unspecified atom stereocenters. The van der Waals surface area contributed by atoms with Crippen LogP contribution in [0.3, 0.4) is 0 Å². The van der Waals surface area contributed by atoms with Crippen LogP contribution >= 0.6 is 45.8 Å². The first-order valence-corrected chi connectivity index (χ1v) is 6.92. The van der Waals surface area contributed by atoms with Crippen molar-refractivity contribution in [1.29, 1.82) is 0 Å². The third kappa shape index (κ3) is 2.46. The molecular weight excluding hydrogens is 360 g/mol. The van der Waals surface area contributed by atoms with Crippen LogP contribution in [-0.4, -0.2) is 18.3 Å². The van der Waals surface area contributed by atoms with Gasteiger partial charge in [-0.1, -0.05) is 11.6 Å². The first kappa shape index (κ1) is 12.5. The summed E-state index contributed by atoms with van der Waals surface area (Å²) in [4.78, 5) is 13.6. The number of halogens is 3. The van der Waals surface area contributed by atoms with Crippen LogP contribution in [0.25, 0.3) is 0 Å². The topological polar surface area (TPSA) is 20.3 Å². The number of rotatable bonds is 2. The summed E-state index contributed by atoms with van der Waals surface area (Å²) in [5.41, 5.74) is 0.894. The van der Waals surface area contributed by atoms with Crippen molar-refractivity contribution >= 4 is 57.4 Å². The number of anilines is 1. The molecule has 1 aromatic carbocycles. The highest BCUT2D eigenvalue weighted by Crippen LogP contribution is 2.31. The molecular formula is C11H10Cl2INO. The molecule has 1 atom stereocenters. The summed E-state index contributed by atoms with van der Waals surface area (Å²) in [5, 5.41) is 0.650. The van der Waals surface area contributed by atoms with Gasteiger partial charge >= 0.3 is 0 Å². The highest BCUT2D eigenvalue weighted by molar-refractivity contribution is 14.1. The lowest BCUT2D eigenvalue weighted by molar-refractivity contribution is -0.117. The molecule has 86 valence electrons. The second-order valence-corrected chi connectivity index (χ2v) is 5.73. The van der Waals surface area contributed by atoms with Crippen LogP contribution in [0.15, 0.2) is 18.2 Å². The van der Waals surface area contributed by atoms with Crippen LogP contribution in [-0.2, 0) is 4.79 Å². The van der Waals surface area contributed by atoms with E-state index in [1.54, 1.807) is 4.90 Å². The van der Waals surface area contributed by atoms with Crippen LogP contribution < -0.4 is 4.90 Å². The maximum atomic E-state index is 11.8. The normalized spacial score (nSPS) is 20.6. The van der Waals surface area contributed by atoms with Gasteiger partial charge in [0.25, 0.3) is 0 Å². The summed E-state index contributed by atoms with van der Waals surface area (Å²) >= 11 is 13.9. The highest BCUT2D eigenvalue weighted by atomic mass is 127. The molecule has 1 heterocycles. The van der Waals surface area contributed by atoms with Crippen LogP contribution in [0.1, 0.15) is 6.42 Å². The monoisotopic (exact) mass is 369 g/mol. The molecule has 1 aromatic rings. The molecule has 1 aliphatic heterocycles. The van der Waals surface area contributed by atoms with Gasteiger partial charge in [-0.15, -0.1) is 11.6 Å². The Kier molecular flexibility index (Phi) is 3.97. The Bertz CT molecular complexity index is 424. The SMILES string of the molecule is O=C1CC(CCl)CN1c1cc(Cl)ccc1I. The molecule has 0 aliphatic carbocycles. The van der Waals surface area contributed by atoms with E-state index in [9.17, 15) is 4.79 Å². The Morgan fingerprint density at radius 2 is 2.25 bits per heavy atom. The summed E-state index contributed by atoms with van der Waals surface area (Å²) in [6.45, 7) is 0.693. The molecule has 5 heteroatoms. The second-order valence-electron chi connectivity index (χ2n) is 3.82. The fourth-order valence-corrected chi connectivity index (χ4v) is 2.81. The number of amides is 1. The highest BCUT2D eigenvalue weighted by Gasteiger charge is 2.30. The van der Waals surface area contributed by atoms with Gasteiger partial charge in [-0.3, -0.25) is 4.79 Å². The maximum absolute atomic E-state index is 11.8. The Labute approximate surface area is 118 Å². The fraction of sp³-hybridized carbons (Fsp3) is 0.364. The van der Waals surface area contributed by atoms with Crippen molar-refractivity contribution in [3.8, 4) is 0 Å². The van der Waals surface area contributed by atoms with Gasteiger partial charge in [-0.25, -0.2) is 0 Å². The van der Waals surface area contributed by atoms with Crippen LogP contribution in [0.5, 0.6) is 0 Å². The molecule has 0 N–H and O–H groups in total. The summed E-state index contributed by atoms with van der Waals surface area (Å²) in [6.07, 6.45) is 0.534. The lowest BCUT2D eigenvalue weighted by atomic mass is 10.1. The summed E-state index contributed by atoms with van der Waals surface area (Å²) in [5.74, 6) is 0.911. The van der Waals surface area contributed by atoms with E-state index in [0.29, 0.717) is 23.9 Å². The van der Waals surface area contributed by atoms with Gasteiger partial charge in [-0.2, -0.15) is 0 Å². The lowest BCUT2D eigenvalue weighted by Crippen LogP contribution is -2.25. The first-order valence-electron chi connectivity index (χ1n) is 4.93. The van der Waals surface area contributed by atoms with E-state index in [1.807, 2.05) is 18.2 Å². The van der Waals surface area contributed by atoms with Crippen molar-refractivity contribution in [3.05, 3.63) is 26.8 Å². The smallest absolute Gasteiger partial charge is 0.227 e. The molecule has 1 fully saturated rings. The minimum absolute atomic E-state index is 0.130. The number of hydrogen-bond acceptors (Lipinski definition) is 1. The maximum Gasteiger partial charge on any atom is 0.227 e. The van der Waals surface area contributed by atoms with Crippen molar-refractivity contribution in [3.63, 3.8) is 0 Å². The van der Waals surface area contributed by atoms with Crippen molar-refractivity contribution in [1.82, 2.24) is 0 Å². The quantitative estimate of drug-likeness (QED) is 0.576. The Morgan fingerprint density at radius 3 is 2.88 bits per heavy atom. The molecule has 1 amide bonds. The Hall–Kier alpha value is -0.000000000000000111. The second kappa shape index (κ2) is 5.10. The number of hydrogen-bond donors (Lipinski definition) is 0. The number of alkyl halides is 1. The van der Waals surface area contributed by atoms with Crippen LogP contribution in [0.4, 0.5) is 5.69 Å². The van der Waals surface area contributed by atoms with Gasteiger partial charge in [-0.05, 0) is 46.7 Å². The predicted octanol–water partition coefficient (Wildman–Crippen LogP) is 3.54. The Morgan fingerprint density at radius 1 is 1.50 bits per heavy atom. The van der Waals surface area contributed by atoms with Gasteiger partial charge in [0.2, 0.25) is 5.91 Å². The van der Waals surface area contributed by atoms with Crippen molar-refractivity contribution in [2.24, 2.45) is 5.92 Å². The van der Waals surface area contributed by atoms with Crippen LogP contribution in [0, 0.1) is 9.49 Å². The zero-order valence-electron chi connectivity index (χ0n) is 8.42. The van der Waals surface area contributed by atoms with Gasteiger partial charge in [0.05, 0.1) is 5.69 Å². The van der Waals surface area contributed by atoms with E-state index < -0.39 is 0 Å². The average molecular weight is 370 g/mol. The molecule has 2 nitrogen and oxygen atoms in total. The summed E-state index contributed by atoms with van der Waals surface area (Å²) < 4.78 is 1.03. The minimum atomic E-state index is 0.130. The van der Waals surface area contributed by atoms with Gasteiger partial charge in [0.1, 0.15) is 0 Å². The van der Waals surface area contributed by atoms with Crippen molar-refractivity contribution < 1.29 is 4.79 Å². The molecule has 0 aromatic heterocycles. The van der Waals surface area contributed by atoms with Gasteiger partial charge < -0.3 is 4.90 Å². The zero-order valence-corrected chi connectivity index (χ0v) is 12.1. The molecule has 1 saturated heterocycles. The number of nitrogens with zero attached hydrogens (tertiary/aromatic N) is 1. The number of benzene rings is 1. The third-order valence-electron chi connectivity index (χ3n) is 2.62. The van der Waals surface area contributed by atoms with Crippen molar-refractivity contribution in [2.45, 2.75) is 6.42 Å². The van der Waals surface area contributed by atoms with Crippen molar-refractivity contribution in [2.75, 3.05) is 17.3 Å². The van der Waals surface area contributed by atoms with E-state index in [1.165, 1.54) is 0 Å². The van der Waals surface area contributed by atoms with E-state index >= 15 is 0 Å². The third-order valence-corrected chi connectivity index (χ3v) is 4.21. The molecule has 16 heavy (non-hydrogen) atoms. The summed E-state index contributed by atoms with van der Waals surface area (Å²) in [6, 6.07) is 5.57. The lowest BCUT2D eigenvalue weighted by Gasteiger charge is -2.18. The number of carbonyl (C=O) groups excluding carboxylic acids is 1.